The molecule has 0 fully saturated rings. The van der Waals surface area contributed by atoms with Crippen molar-refractivity contribution >= 4 is 5.78 Å². The van der Waals surface area contributed by atoms with E-state index in [1.165, 1.54) is 11.1 Å². The minimum absolute atomic E-state index is 0.0464. The van der Waals surface area contributed by atoms with E-state index in [1.54, 1.807) is 28.4 Å². The van der Waals surface area contributed by atoms with E-state index in [4.69, 9.17) is 18.9 Å². The van der Waals surface area contributed by atoms with Crippen molar-refractivity contribution in [2.75, 3.05) is 35.0 Å². The Labute approximate surface area is 184 Å². The fourth-order valence-corrected chi connectivity index (χ4v) is 4.14. The van der Waals surface area contributed by atoms with Crippen LogP contribution in [-0.2, 0) is 12.8 Å². The van der Waals surface area contributed by atoms with Gasteiger partial charge in [0.2, 0.25) is 0 Å². The highest BCUT2D eigenvalue weighted by Gasteiger charge is 2.27. The van der Waals surface area contributed by atoms with Gasteiger partial charge in [-0.15, -0.1) is 0 Å². The van der Waals surface area contributed by atoms with Crippen molar-refractivity contribution in [3.8, 4) is 23.0 Å². The zero-order valence-corrected chi connectivity index (χ0v) is 19.3. The molecule has 0 saturated carbocycles. The van der Waals surface area contributed by atoms with E-state index < -0.39 is 0 Å². The number of methoxy groups -OCH3 is 4. The second-order valence-electron chi connectivity index (χ2n) is 7.90. The summed E-state index contributed by atoms with van der Waals surface area (Å²) in [6, 6.07) is 7.90. The van der Waals surface area contributed by atoms with Crippen LogP contribution in [0.1, 0.15) is 53.4 Å². The number of rotatable bonds is 9. The van der Waals surface area contributed by atoms with Crippen molar-refractivity contribution in [1.29, 1.82) is 0 Å². The lowest BCUT2D eigenvalue weighted by Crippen LogP contribution is -2.32. The second-order valence-corrected chi connectivity index (χ2v) is 7.90. The summed E-state index contributed by atoms with van der Waals surface area (Å²) in [5, 5.41) is 3.61. The summed E-state index contributed by atoms with van der Waals surface area (Å²) in [6.45, 7) is 4.85. The van der Waals surface area contributed by atoms with E-state index in [1.807, 2.05) is 32.0 Å². The Morgan fingerprint density at radius 2 is 1.55 bits per heavy atom. The summed E-state index contributed by atoms with van der Waals surface area (Å²) in [5.74, 6) is 2.70. The molecule has 1 aliphatic rings. The largest absolute Gasteiger partial charge is 0.493 e. The molecule has 0 aliphatic carbocycles. The van der Waals surface area contributed by atoms with Crippen LogP contribution in [0.25, 0.3) is 0 Å². The first-order chi connectivity index (χ1) is 15.0. The van der Waals surface area contributed by atoms with Crippen molar-refractivity contribution in [3.05, 3.63) is 46.5 Å². The SMILES string of the molecule is CCC(C)C(=O)c1cc(OC)c(OC)cc1CC1NCCc2cc(OC)c(OC)cc21. The number of nitrogens with one attached hydrogen (secondary N) is 1. The number of carbonyl (C=O) groups excluding carboxylic acids is 1. The van der Waals surface area contributed by atoms with Gasteiger partial charge in [-0.1, -0.05) is 13.8 Å². The maximum atomic E-state index is 13.2. The molecule has 6 nitrogen and oxygen atoms in total. The lowest BCUT2D eigenvalue weighted by atomic mass is 9.86. The van der Waals surface area contributed by atoms with Crippen LogP contribution in [0, 0.1) is 5.92 Å². The average molecular weight is 428 g/mol. The summed E-state index contributed by atoms with van der Waals surface area (Å²) in [4.78, 5) is 13.2. The van der Waals surface area contributed by atoms with E-state index in [0.717, 1.165) is 30.7 Å². The molecule has 2 aromatic rings. The number of ketones is 1. The minimum Gasteiger partial charge on any atom is -0.493 e. The predicted molar refractivity (Wildman–Crippen MR) is 121 cm³/mol. The Hall–Kier alpha value is -2.73. The maximum absolute atomic E-state index is 13.2. The van der Waals surface area contributed by atoms with Crippen LogP contribution in [0.5, 0.6) is 23.0 Å². The van der Waals surface area contributed by atoms with Crippen LogP contribution < -0.4 is 24.3 Å². The normalized spacial score (nSPS) is 16.3. The molecular weight excluding hydrogens is 394 g/mol. The summed E-state index contributed by atoms with van der Waals surface area (Å²) < 4.78 is 22.0. The molecule has 2 unspecified atom stereocenters. The first kappa shape index (κ1) is 22.9. The standard InChI is InChI=1S/C25H33NO5/c1-7-15(2)25(27)19-14-24(31-6)22(29-4)12-17(19)10-20-18-13-23(30-5)21(28-3)11-16(18)8-9-26-20/h11-15,20,26H,7-10H2,1-6H3. The van der Waals surface area contributed by atoms with Crippen LogP contribution in [0.15, 0.2) is 24.3 Å². The zero-order valence-electron chi connectivity index (χ0n) is 19.3. The molecule has 0 saturated heterocycles. The van der Waals surface area contributed by atoms with Crippen molar-refractivity contribution in [2.45, 2.75) is 39.2 Å². The third-order valence-corrected chi connectivity index (χ3v) is 6.16. The van der Waals surface area contributed by atoms with Gasteiger partial charge in [0.25, 0.3) is 0 Å². The maximum Gasteiger partial charge on any atom is 0.166 e. The molecule has 0 aromatic heterocycles. The third-order valence-electron chi connectivity index (χ3n) is 6.16. The van der Waals surface area contributed by atoms with Crippen LogP contribution >= 0.6 is 0 Å². The lowest BCUT2D eigenvalue weighted by molar-refractivity contribution is 0.0925. The molecule has 1 aliphatic heterocycles. The molecule has 31 heavy (non-hydrogen) atoms. The zero-order chi connectivity index (χ0) is 22.5. The molecule has 0 amide bonds. The molecule has 0 spiro atoms. The Balaban J connectivity index is 2.06. The van der Waals surface area contributed by atoms with E-state index >= 15 is 0 Å². The van der Waals surface area contributed by atoms with E-state index in [9.17, 15) is 4.79 Å². The summed E-state index contributed by atoms with van der Waals surface area (Å²) >= 11 is 0. The second kappa shape index (κ2) is 10.1. The fourth-order valence-electron chi connectivity index (χ4n) is 4.14. The van der Waals surface area contributed by atoms with Gasteiger partial charge in [0, 0.05) is 17.5 Å². The molecule has 1 heterocycles. The summed E-state index contributed by atoms with van der Waals surface area (Å²) in [5.41, 5.74) is 4.04. The highest BCUT2D eigenvalue weighted by Crippen LogP contribution is 2.38. The van der Waals surface area contributed by atoms with E-state index in [2.05, 4.69) is 11.4 Å². The first-order valence-electron chi connectivity index (χ1n) is 10.7. The summed E-state index contributed by atoms with van der Waals surface area (Å²) in [7, 11) is 6.50. The highest BCUT2D eigenvalue weighted by atomic mass is 16.5. The van der Waals surface area contributed by atoms with Gasteiger partial charge in [-0.3, -0.25) is 4.79 Å². The molecule has 0 radical (unpaired) electrons. The first-order valence-corrected chi connectivity index (χ1v) is 10.7. The number of Topliss-reactive ketones (excluding diaryl/α,β-unsaturated/α-hetero) is 1. The Bertz CT molecular complexity index is 940. The Morgan fingerprint density at radius 1 is 0.968 bits per heavy atom. The van der Waals surface area contributed by atoms with Gasteiger partial charge in [-0.25, -0.2) is 0 Å². The van der Waals surface area contributed by atoms with Crippen molar-refractivity contribution in [2.24, 2.45) is 5.92 Å². The van der Waals surface area contributed by atoms with Crippen LogP contribution in [0.4, 0.5) is 0 Å². The van der Waals surface area contributed by atoms with Gasteiger partial charge in [-0.2, -0.15) is 0 Å². The van der Waals surface area contributed by atoms with Crippen molar-refractivity contribution in [3.63, 3.8) is 0 Å². The average Bonchev–Trinajstić information content (AvgIpc) is 2.81. The monoisotopic (exact) mass is 427 g/mol. The van der Waals surface area contributed by atoms with Gasteiger partial charge in [0.15, 0.2) is 28.8 Å². The van der Waals surface area contributed by atoms with Crippen molar-refractivity contribution < 1.29 is 23.7 Å². The van der Waals surface area contributed by atoms with E-state index in [0.29, 0.717) is 29.2 Å². The number of hydrogen-bond donors (Lipinski definition) is 1. The molecule has 6 heteroatoms. The van der Waals surface area contributed by atoms with Crippen LogP contribution in [0.2, 0.25) is 0 Å². The predicted octanol–water partition coefficient (Wildman–Crippen LogP) is 4.38. The lowest BCUT2D eigenvalue weighted by Gasteiger charge is -2.29. The topological polar surface area (TPSA) is 66.0 Å². The molecule has 2 atom stereocenters. The van der Waals surface area contributed by atoms with Crippen LogP contribution in [-0.4, -0.2) is 40.8 Å². The smallest absolute Gasteiger partial charge is 0.166 e. The molecule has 0 bridgehead atoms. The third kappa shape index (κ3) is 4.64. The number of carbonyl (C=O) groups is 1. The molecule has 2 aromatic carbocycles. The minimum atomic E-state index is -0.0622. The molecule has 168 valence electrons. The Morgan fingerprint density at radius 3 is 2.16 bits per heavy atom. The van der Waals surface area contributed by atoms with Gasteiger partial charge >= 0.3 is 0 Å². The molecule has 1 N–H and O–H groups in total. The van der Waals surface area contributed by atoms with Gasteiger partial charge in [0.05, 0.1) is 28.4 Å². The van der Waals surface area contributed by atoms with Gasteiger partial charge in [0.1, 0.15) is 0 Å². The Kier molecular flexibility index (Phi) is 7.44. The van der Waals surface area contributed by atoms with Crippen LogP contribution in [0.3, 0.4) is 0 Å². The van der Waals surface area contributed by atoms with E-state index in [-0.39, 0.29) is 17.7 Å². The number of hydrogen-bond acceptors (Lipinski definition) is 6. The number of benzene rings is 2. The molecular formula is C25H33NO5. The summed E-state index contributed by atoms with van der Waals surface area (Å²) in [6.07, 6.45) is 2.35. The quantitative estimate of drug-likeness (QED) is 0.599. The fraction of sp³-hybridized carbons (Fsp3) is 0.480. The van der Waals surface area contributed by atoms with Crippen molar-refractivity contribution in [1.82, 2.24) is 5.32 Å². The number of fused-ring (bicyclic) bond motifs is 1. The number of ether oxygens (including phenoxy) is 4. The molecule has 3 rings (SSSR count). The highest BCUT2D eigenvalue weighted by molar-refractivity contribution is 5.99. The van der Waals surface area contributed by atoms with Gasteiger partial charge in [-0.05, 0) is 66.8 Å². The van der Waals surface area contributed by atoms with Gasteiger partial charge < -0.3 is 24.3 Å².